The molecule has 0 spiro atoms. The average Bonchev–Trinajstić information content (AvgIpc) is 2.13. The highest BCUT2D eigenvalue weighted by molar-refractivity contribution is 4.59. The molecule has 14 heavy (non-hydrogen) atoms. The number of nitrogens with zero attached hydrogens (tertiary/aromatic N) is 6. The van der Waals surface area contributed by atoms with Gasteiger partial charge in [-0.1, -0.05) is 0 Å². The first kappa shape index (κ1) is 10.8. The summed E-state index contributed by atoms with van der Waals surface area (Å²) >= 11 is 0. The lowest BCUT2D eigenvalue weighted by atomic mass is 10.6. The van der Waals surface area contributed by atoms with Gasteiger partial charge in [0.25, 0.3) is 0 Å². The Morgan fingerprint density at radius 1 is 0.786 bits per heavy atom. The van der Waals surface area contributed by atoms with Gasteiger partial charge in [-0.2, -0.15) is 0 Å². The molecule has 1 saturated heterocycles. The monoisotopic (exact) mass is 202 g/mol. The second kappa shape index (κ2) is 4.82. The van der Waals surface area contributed by atoms with Crippen molar-refractivity contribution in [2.75, 3.05) is 40.8 Å². The van der Waals surface area contributed by atoms with Crippen molar-refractivity contribution in [1.82, 2.24) is 19.8 Å². The van der Waals surface area contributed by atoms with Crippen LogP contribution in [0.1, 0.15) is 0 Å². The van der Waals surface area contributed by atoms with Crippen LogP contribution in [0.5, 0.6) is 0 Å². The molecule has 0 N–H and O–H groups in total. The number of hydrogen-bond donors (Lipinski definition) is 0. The first-order valence-electron chi connectivity index (χ1n) is 4.19. The third kappa shape index (κ3) is 2.89. The summed E-state index contributed by atoms with van der Waals surface area (Å²) in [7, 11) is 3.59. The molecular weight excluding hydrogens is 188 g/mol. The standard InChI is InChI=1S/C6H14N6O2/c1-9-3-11(7-13)5-10(2)6-12(4-9)8-14/h3-6H2,1-2H3. The highest BCUT2D eigenvalue weighted by Gasteiger charge is 2.18. The Balaban J connectivity index is 2.59. The summed E-state index contributed by atoms with van der Waals surface area (Å²) in [6, 6.07) is 0. The van der Waals surface area contributed by atoms with E-state index in [0.29, 0.717) is 26.7 Å². The van der Waals surface area contributed by atoms with Crippen LogP contribution in [0.3, 0.4) is 0 Å². The Hall–Kier alpha value is -1.28. The molecule has 0 bridgehead atoms. The van der Waals surface area contributed by atoms with Gasteiger partial charge in [-0.05, 0) is 14.1 Å². The fourth-order valence-electron chi connectivity index (χ4n) is 1.40. The van der Waals surface area contributed by atoms with Crippen LogP contribution < -0.4 is 0 Å². The third-order valence-corrected chi connectivity index (χ3v) is 1.85. The van der Waals surface area contributed by atoms with E-state index < -0.39 is 0 Å². The molecule has 0 unspecified atom stereocenters. The van der Waals surface area contributed by atoms with E-state index >= 15 is 0 Å². The Labute approximate surface area is 81.9 Å². The van der Waals surface area contributed by atoms with E-state index in [4.69, 9.17) is 0 Å². The molecule has 80 valence electrons. The molecule has 1 heterocycles. The van der Waals surface area contributed by atoms with E-state index in [1.807, 2.05) is 0 Å². The molecule has 0 saturated carbocycles. The number of rotatable bonds is 2. The molecule has 0 radical (unpaired) electrons. The van der Waals surface area contributed by atoms with Gasteiger partial charge >= 0.3 is 0 Å². The van der Waals surface area contributed by atoms with Crippen LogP contribution >= 0.6 is 0 Å². The average molecular weight is 202 g/mol. The molecule has 1 rings (SSSR count). The van der Waals surface area contributed by atoms with E-state index in [2.05, 4.69) is 10.6 Å². The molecule has 0 aliphatic carbocycles. The van der Waals surface area contributed by atoms with Gasteiger partial charge in [0.05, 0.1) is 37.2 Å². The molecular formula is C6H14N6O2. The Kier molecular flexibility index (Phi) is 3.72. The summed E-state index contributed by atoms with van der Waals surface area (Å²) in [6.45, 7) is 1.55. The fraction of sp³-hybridized carbons (Fsp3) is 1.00. The van der Waals surface area contributed by atoms with Crippen molar-refractivity contribution in [3.63, 3.8) is 0 Å². The predicted octanol–water partition coefficient (Wildman–Crippen LogP) is -0.340. The summed E-state index contributed by atoms with van der Waals surface area (Å²) in [6.07, 6.45) is 0. The lowest BCUT2D eigenvalue weighted by Crippen LogP contribution is -2.49. The van der Waals surface area contributed by atoms with E-state index in [0.717, 1.165) is 0 Å². The van der Waals surface area contributed by atoms with E-state index in [-0.39, 0.29) is 0 Å². The van der Waals surface area contributed by atoms with Crippen molar-refractivity contribution in [3.05, 3.63) is 9.81 Å². The minimum absolute atomic E-state index is 0.389. The zero-order valence-electron chi connectivity index (χ0n) is 8.33. The Morgan fingerprint density at radius 3 is 1.29 bits per heavy atom. The Morgan fingerprint density at radius 2 is 1.07 bits per heavy atom. The largest absolute Gasteiger partial charge is 0.268 e. The summed E-state index contributed by atoms with van der Waals surface area (Å²) in [5, 5.41) is 8.50. The Bertz CT molecular complexity index is 178. The maximum absolute atomic E-state index is 10.4. The molecule has 8 nitrogen and oxygen atoms in total. The van der Waals surface area contributed by atoms with Gasteiger partial charge in [-0.15, -0.1) is 9.81 Å². The topological polar surface area (TPSA) is 71.8 Å². The smallest absolute Gasteiger partial charge is 0.0939 e. The highest BCUT2D eigenvalue weighted by atomic mass is 16.3. The van der Waals surface area contributed by atoms with E-state index in [9.17, 15) is 9.81 Å². The van der Waals surface area contributed by atoms with Gasteiger partial charge in [-0.3, -0.25) is 9.80 Å². The summed E-state index contributed by atoms with van der Waals surface area (Å²) in [5.74, 6) is 0. The molecule has 8 heteroatoms. The van der Waals surface area contributed by atoms with Crippen LogP contribution in [0.4, 0.5) is 0 Å². The van der Waals surface area contributed by atoms with Crippen molar-refractivity contribution in [3.8, 4) is 0 Å². The SMILES string of the molecule is CN1CN(N=O)CN(C)CN(N=O)C1. The van der Waals surface area contributed by atoms with Crippen molar-refractivity contribution in [2.45, 2.75) is 0 Å². The number of nitroso groups, excluding NO2 is 2. The zero-order valence-corrected chi connectivity index (χ0v) is 8.33. The van der Waals surface area contributed by atoms with Crippen molar-refractivity contribution < 1.29 is 0 Å². The van der Waals surface area contributed by atoms with Crippen molar-refractivity contribution in [2.24, 2.45) is 10.6 Å². The van der Waals surface area contributed by atoms with Crippen LogP contribution in [0.2, 0.25) is 0 Å². The van der Waals surface area contributed by atoms with Crippen LogP contribution in [-0.4, -0.2) is 60.6 Å². The third-order valence-electron chi connectivity index (χ3n) is 1.85. The first-order valence-corrected chi connectivity index (χ1v) is 4.19. The molecule has 0 atom stereocenters. The second-order valence-electron chi connectivity index (χ2n) is 3.45. The molecule has 1 aliphatic rings. The van der Waals surface area contributed by atoms with Crippen LogP contribution in [0.25, 0.3) is 0 Å². The molecule has 0 amide bonds. The van der Waals surface area contributed by atoms with Crippen LogP contribution in [0.15, 0.2) is 10.6 Å². The van der Waals surface area contributed by atoms with Gasteiger partial charge in [-0.25, -0.2) is 10.0 Å². The van der Waals surface area contributed by atoms with Gasteiger partial charge in [0.2, 0.25) is 0 Å². The second-order valence-corrected chi connectivity index (χ2v) is 3.45. The van der Waals surface area contributed by atoms with Crippen LogP contribution in [0, 0.1) is 9.81 Å². The maximum atomic E-state index is 10.4. The summed E-state index contributed by atoms with van der Waals surface area (Å²) in [4.78, 5) is 24.4. The quantitative estimate of drug-likeness (QED) is 0.570. The van der Waals surface area contributed by atoms with Gasteiger partial charge in [0.15, 0.2) is 0 Å². The fourth-order valence-corrected chi connectivity index (χ4v) is 1.40. The van der Waals surface area contributed by atoms with Gasteiger partial charge in [0.1, 0.15) is 0 Å². The number of hydrogen-bond acceptors (Lipinski definition) is 6. The van der Waals surface area contributed by atoms with E-state index in [1.54, 1.807) is 23.9 Å². The lowest BCUT2D eigenvalue weighted by molar-refractivity contribution is -0.00817. The molecule has 0 aromatic heterocycles. The summed E-state index contributed by atoms with van der Waals surface area (Å²) in [5.41, 5.74) is 0. The van der Waals surface area contributed by atoms with Crippen molar-refractivity contribution >= 4 is 0 Å². The van der Waals surface area contributed by atoms with Crippen LogP contribution in [-0.2, 0) is 0 Å². The maximum Gasteiger partial charge on any atom is 0.0939 e. The van der Waals surface area contributed by atoms with Crippen molar-refractivity contribution in [1.29, 1.82) is 0 Å². The minimum atomic E-state index is 0.389. The molecule has 0 aromatic carbocycles. The normalized spacial score (nSPS) is 21.6. The predicted molar refractivity (Wildman–Crippen MR) is 50.3 cm³/mol. The minimum Gasteiger partial charge on any atom is -0.268 e. The molecule has 1 fully saturated rings. The molecule has 1 aliphatic heterocycles. The zero-order chi connectivity index (χ0) is 10.6. The highest BCUT2D eigenvalue weighted by Crippen LogP contribution is 2.03. The van der Waals surface area contributed by atoms with Gasteiger partial charge in [0, 0.05) is 0 Å². The molecule has 0 aromatic rings. The summed E-state index contributed by atoms with van der Waals surface area (Å²) < 4.78 is 0. The van der Waals surface area contributed by atoms with E-state index in [1.165, 1.54) is 10.0 Å². The van der Waals surface area contributed by atoms with Gasteiger partial charge < -0.3 is 0 Å². The first-order chi connectivity index (χ1) is 6.65. The lowest BCUT2D eigenvalue weighted by Gasteiger charge is -2.34.